The first kappa shape index (κ1) is 68.5. The van der Waals surface area contributed by atoms with Crippen molar-refractivity contribution in [3.63, 3.8) is 0 Å². The van der Waals surface area contributed by atoms with Gasteiger partial charge in [-0.15, -0.1) is 0 Å². The molecule has 2 atom stereocenters. The average Bonchev–Trinajstić information content (AvgIpc) is 1.58. The molecule has 6 fully saturated rings. The van der Waals surface area contributed by atoms with Crippen LogP contribution in [0.4, 0.5) is 56.3 Å². The second-order valence-electron chi connectivity index (χ2n) is 32.1. The van der Waals surface area contributed by atoms with Crippen LogP contribution in [0.5, 0.6) is 0 Å². The van der Waals surface area contributed by atoms with Crippen molar-refractivity contribution >= 4 is 80.1 Å². The molecule has 6 aromatic heterocycles. The molecule has 8 aliphatic rings. The number of pyridine rings is 4. The summed E-state index contributed by atoms with van der Waals surface area (Å²) in [5.74, 6) is -1.98. The van der Waals surface area contributed by atoms with E-state index in [1.54, 1.807) is 32.6 Å². The molecule has 4 amide bonds. The van der Waals surface area contributed by atoms with Gasteiger partial charge in [-0.2, -0.15) is 0 Å². The van der Waals surface area contributed by atoms with E-state index in [2.05, 4.69) is 42.6 Å². The Labute approximate surface area is 595 Å². The van der Waals surface area contributed by atoms with Gasteiger partial charge in [-0.1, -0.05) is 12.8 Å². The number of nitrogens with zero attached hydrogens (tertiary/aromatic N) is 12. The Morgan fingerprint density at radius 3 is 1.58 bits per heavy atom. The molecule has 0 radical (unpaired) electrons. The van der Waals surface area contributed by atoms with Crippen LogP contribution in [0.25, 0.3) is 44.6 Å². The van der Waals surface area contributed by atoms with Crippen molar-refractivity contribution in [3.8, 4) is 22.5 Å². The molecule has 4 saturated carbocycles. The Balaban J connectivity index is 0.675. The van der Waals surface area contributed by atoms with E-state index in [0.717, 1.165) is 76.7 Å². The van der Waals surface area contributed by atoms with Gasteiger partial charge in [0.15, 0.2) is 11.6 Å². The van der Waals surface area contributed by atoms with Crippen LogP contribution < -0.4 is 31.1 Å². The fourth-order valence-corrected chi connectivity index (χ4v) is 17.1. The van der Waals surface area contributed by atoms with E-state index in [0.29, 0.717) is 91.9 Å². The Morgan fingerprint density at radius 2 is 1.09 bits per heavy atom. The van der Waals surface area contributed by atoms with Gasteiger partial charge < -0.3 is 45.1 Å². The number of hydrogen-bond donors (Lipinski definition) is 4. The normalized spacial score (nSPS) is 23.4. The summed E-state index contributed by atoms with van der Waals surface area (Å²) in [7, 11) is 0. The van der Waals surface area contributed by atoms with Crippen LogP contribution in [0.2, 0.25) is 0 Å². The molecule has 4 aliphatic heterocycles. The average molecular weight is 1410 g/mol. The summed E-state index contributed by atoms with van der Waals surface area (Å²) in [6.45, 7) is 19.4. The fraction of sp³-hybridized carbons (Fsp3) is 0.513. The van der Waals surface area contributed by atoms with E-state index >= 15 is 8.78 Å². The summed E-state index contributed by atoms with van der Waals surface area (Å²) in [4.78, 5) is 96.0. The number of carbonyl (C=O) groups is 4. The van der Waals surface area contributed by atoms with Crippen LogP contribution >= 0.6 is 0 Å². The van der Waals surface area contributed by atoms with Crippen molar-refractivity contribution in [1.29, 1.82) is 0 Å². The monoisotopic (exact) mass is 1410 g/mol. The maximum Gasteiger partial charge on any atom is 0.261 e. The number of aryl methyl sites for hydroxylation is 2. The van der Waals surface area contributed by atoms with Crippen LogP contribution in [-0.4, -0.2) is 146 Å². The van der Waals surface area contributed by atoms with Gasteiger partial charge in [0, 0.05) is 76.9 Å². The first-order chi connectivity index (χ1) is 49.2. The Hall–Kier alpha value is -8.97. The Kier molecular flexibility index (Phi) is 16.9. The van der Waals surface area contributed by atoms with Gasteiger partial charge in [-0.25, -0.2) is 41.9 Å². The summed E-state index contributed by atoms with van der Waals surface area (Å²) in [5.41, 5.74) is 3.92. The first-order valence-electron chi connectivity index (χ1n) is 36.8. The highest BCUT2D eigenvalue weighted by atomic mass is 19.3. The number of rotatable bonds is 20. The van der Waals surface area contributed by atoms with Gasteiger partial charge in [0.2, 0.25) is 11.8 Å². The van der Waals surface area contributed by atoms with Crippen LogP contribution in [-0.2, 0) is 20.4 Å². The molecule has 20 nitrogen and oxygen atoms in total. The summed E-state index contributed by atoms with van der Waals surface area (Å²) >= 11 is 0. The lowest BCUT2D eigenvalue weighted by atomic mass is 9.81. The SMILES string of the molecule is Cc1cc(F)c(Nc2nc(-c3cnc4c(c3)N(C3CC(N5CCCCC5)C3)C(=O)C4(C)C)cc3ncn(C(C)CC4CCCCN4C4CC(N5C(=O)C(C)(C)c6ncc(-c7cc8ncn(C(C)C)c8c(Nc8cc(C(=O)NC9(C(F)F)CC9)c(C)cc8F)n7)cc65)C4)c23)cc1C(=O)NC1(CF)CC1. The number of likely N-dealkylation sites (tertiary alicyclic amines) is 2. The van der Waals surface area contributed by atoms with Crippen LogP contribution in [0.1, 0.15) is 200 Å². The molecule has 0 spiro atoms. The number of aromatic nitrogens is 8. The summed E-state index contributed by atoms with van der Waals surface area (Å²) in [6.07, 6.45) is 16.1. The predicted molar refractivity (Wildman–Crippen MR) is 385 cm³/mol. The van der Waals surface area contributed by atoms with Gasteiger partial charge in [0.05, 0.1) is 85.6 Å². The van der Waals surface area contributed by atoms with E-state index in [1.807, 2.05) is 86.5 Å². The molecule has 16 rings (SSSR count). The third kappa shape index (κ3) is 11.9. The molecule has 4 aliphatic carbocycles. The van der Waals surface area contributed by atoms with Crippen LogP contribution in [0, 0.1) is 25.5 Å². The molecule has 0 bridgehead atoms. The minimum absolute atomic E-state index is 0.00804. The molecule has 540 valence electrons. The van der Waals surface area contributed by atoms with E-state index in [-0.39, 0.29) is 94.8 Å². The zero-order valence-electron chi connectivity index (χ0n) is 59.9. The standard InChI is InChI=1S/C78H89F5N16O4/c1-41(2)96-39-86-60-34-56(88-68(64(60)96)90-59-33-53(43(4)24-55(59)81)71(101)93-78(18-19-78)72(82)83)45-27-63-67(85-36-45)76(8,9)74(103)99(63)51-30-49(31-51)95-22-14-11-15-47(95)25-44(5)97-40-87-61-35-57(89-69(65(61)97)91-58-32-52(42(3)23-54(58)80)70(100)92-77(38-79)16-17-77)46-26-62-66(84-37-46)75(6,7)73(102)98(62)50-28-48(29-50)94-20-12-10-13-21-94/h23-24,26-27,32-37,39-41,44,47-51,72H,10-22,25,28-31,38H2,1-9H3,(H,88,90)(H,89,91)(H,92,100)(H,93,101). The number of piperidine rings is 2. The number of fused-ring (bicyclic) bond motifs is 4. The number of hydrogen-bond acceptors (Lipinski definition) is 14. The van der Waals surface area contributed by atoms with Gasteiger partial charge in [-0.05, 0) is 225 Å². The molecular weight excluding hydrogens is 1320 g/mol. The van der Waals surface area contributed by atoms with Gasteiger partial charge in [0.1, 0.15) is 34.9 Å². The Morgan fingerprint density at radius 1 is 0.592 bits per heavy atom. The molecule has 10 heterocycles. The quantitative estimate of drug-likeness (QED) is 0.0522. The predicted octanol–water partition coefficient (Wildman–Crippen LogP) is 14.3. The zero-order valence-corrected chi connectivity index (χ0v) is 59.9. The zero-order chi connectivity index (χ0) is 72.1. The van der Waals surface area contributed by atoms with Gasteiger partial charge in [0.25, 0.3) is 18.2 Å². The third-order valence-electron chi connectivity index (χ3n) is 23.9. The highest BCUT2D eigenvalue weighted by molar-refractivity contribution is 6.09. The van der Waals surface area contributed by atoms with Crippen molar-refractivity contribution < 1.29 is 41.1 Å². The number of benzene rings is 2. The lowest BCUT2D eigenvalue weighted by Gasteiger charge is -2.51. The minimum atomic E-state index is -2.75. The summed E-state index contributed by atoms with van der Waals surface area (Å²) in [6, 6.07) is 13.4. The smallest absolute Gasteiger partial charge is 0.261 e. The van der Waals surface area contributed by atoms with E-state index < -0.39 is 58.5 Å². The number of imidazole rings is 2. The Bertz CT molecular complexity index is 4770. The second kappa shape index (κ2) is 25.4. The van der Waals surface area contributed by atoms with Crippen molar-refractivity contribution in [2.45, 2.75) is 229 Å². The highest BCUT2D eigenvalue weighted by Crippen LogP contribution is 2.51. The largest absolute Gasteiger partial charge is 0.344 e. The second-order valence-corrected chi connectivity index (χ2v) is 32.1. The van der Waals surface area contributed by atoms with Crippen LogP contribution in [0.3, 0.4) is 0 Å². The van der Waals surface area contributed by atoms with Crippen molar-refractivity contribution in [3.05, 3.63) is 119 Å². The number of nitrogens with one attached hydrogen (secondary N) is 4. The number of carbonyl (C=O) groups excluding carboxylic acids is 4. The first-order valence-corrected chi connectivity index (χ1v) is 36.8. The number of halogens is 5. The van der Waals surface area contributed by atoms with Crippen molar-refractivity contribution in [2.24, 2.45) is 0 Å². The summed E-state index contributed by atoms with van der Waals surface area (Å²) in [5, 5.41) is 11.9. The van der Waals surface area contributed by atoms with Crippen molar-refractivity contribution in [2.75, 3.05) is 46.7 Å². The molecule has 25 heteroatoms. The molecule has 2 unspecified atom stereocenters. The topological polar surface area (TPSA) is 217 Å². The van der Waals surface area contributed by atoms with Crippen molar-refractivity contribution in [1.82, 2.24) is 59.5 Å². The maximum atomic E-state index is 16.6. The fourth-order valence-electron chi connectivity index (χ4n) is 17.1. The van der Waals surface area contributed by atoms with Gasteiger partial charge in [-0.3, -0.25) is 34.0 Å². The lowest BCUT2D eigenvalue weighted by Crippen LogP contribution is -2.59. The molecule has 2 aromatic carbocycles. The third-order valence-corrected chi connectivity index (χ3v) is 23.9. The molecule has 103 heavy (non-hydrogen) atoms. The molecule has 4 N–H and O–H groups in total. The maximum absolute atomic E-state index is 16.6. The molecular formula is C78H89F5N16O4. The number of amides is 4. The summed E-state index contributed by atoms with van der Waals surface area (Å²) < 4.78 is 78.8. The van der Waals surface area contributed by atoms with Gasteiger partial charge >= 0.3 is 0 Å². The molecule has 8 aromatic rings. The highest BCUT2D eigenvalue weighted by Gasteiger charge is 2.55. The molecule has 2 saturated heterocycles. The lowest BCUT2D eigenvalue weighted by molar-refractivity contribution is -0.124. The van der Waals surface area contributed by atoms with E-state index in [1.165, 1.54) is 43.5 Å². The number of anilines is 6. The van der Waals surface area contributed by atoms with E-state index in [9.17, 15) is 32.3 Å². The number of alkyl halides is 3. The minimum Gasteiger partial charge on any atom is -0.344 e. The van der Waals surface area contributed by atoms with E-state index in [4.69, 9.17) is 29.9 Å². The van der Waals surface area contributed by atoms with Crippen LogP contribution in [0.15, 0.2) is 73.6 Å².